The van der Waals surface area contributed by atoms with Gasteiger partial charge in [-0.25, -0.2) is 0 Å². The molecular weight excluding hydrogens is 244 g/mol. The number of carboxylic acids is 1. The average molecular weight is 272 g/mol. The highest BCUT2D eigenvalue weighted by molar-refractivity contribution is 5.85. The first-order valence-corrected chi connectivity index (χ1v) is 6.77. The van der Waals surface area contributed by atoms with Gasteiger partial charge in [0.05, 0.1) is 5.41 Å². The molecule has 5 heteroatoms. The summed E-state index contributed by atoms with van der Waals surface area (Å²) in [5.74, 6) is -1.20. The molecule has 0 heterocycles. The second-order valence-electron chi connectivity index (χ2n) is 6.11. The number of hydrogen-bond acceptors (Lipinski definition) is 3. The third-order valence-corrected chi connectivity index (χ3v) is 3.71. The Balaban J connectivity index is 4.40. The molecule has 0 aliphatic rings. The van der Waals surface area contributed by atoms with Crippen molar-refractivity contribution in [3.8, 4) is 0 Å². The van der Waals surface area contributed by atoms with E-state index < -0.39 is 11.4 Å². The minimum absolute atomic E-state index is 0.0201. The summed E-state index contributed by atoms with van der Waals surface area (Å²) >= 11 is 0. The van der Waals surface area contributed by atoms with Crippen LogP contribution in [0.25, 0.3) is 0 Å². The van der Waals surface area contributed by atoms with Crippen LogP contribution in [0.4, 0.5) is 0 Å². The summed E-state index contributed by atoms with van der Waals surface area (Å²) in [6.45, 7) is 8.12. The van der Waals surface area contributed by atoms with Gasteiger partial charge >= 0.3 is 5.97 Å². The smallest absolute Gasteiger partial charge is 0.310 e. The number of nitrogens with zero attached hydrogens (tertiary/aromatic N) is 1. The highest BCUT2D eigenvalue weighted by atomic mass is 16.4. The first-order chi connectivity index (χ1) is 8.59. The Morgan fingerprint density at radius 3 is 2.16 bits per heavy atom. The third kappa shape index (κ3) is 6.05. The highest BCUT2D eigenvalue weighted by Gasteiger charge is 2.38. The number of carbonyl (C=O) groups excluding carboxylic acids is 1. The van der Waals surface area contributed by atoms with Gasteiger partial charge in [-0.3, -0.25) is 9.59 Å². The number of hydrogen-bond donors (Lipinski definition) is 2. The van der Waals surface area contributed by atoms with Crippen molar-refractivity contribution in [1.29, 1.82) is 0 Å². The monoisotopic (exact) mass is 272 g/mol. The first-order valence-electron chi connectivity index (χ1n) is 6.77. The molecule has 1 amide bonds. The molecule has 2 N–H and O–H groups in total. The van der Waals surface area contributed by atoms with E-state index in [2.05, 4.69) is 10.2 Å². The number of nitrogens with one attached hydrogen (secondary N) is 1. The lowest BCUT2D eigenvalue weighted by molar-refractivity contribution is -0.153. The zero-order chi connectivity index (χ0) is 15.2. The molecule has 0 aromatic rings. The van der Waals surface area contributed by atoms with Crippen LogP contribution in [0.5, 0.6) is 0 Å². The van der Waals surface area contributed by atoms with Crippen molar-refractivity contribution >= 4 is 11.9 Å². The molecule has 0 saturated heterocycles. The summed E-state index contributed by atoms with van der Waals surface area (Å²) in [7, 11) is 3.96. The summed E-state index contributed by atoms with van der Waals surface area (Å²) in [6, 6.07) is 0.0557. The SMILES string of the molecule is CC(CCN(C)C)NC(=O)CC(C)(C(=O)O)C(C)C. The van der Waals surface area contributed by atoms with Gasteiger partial charge in [-0.15, -0.1) is 0 Å². The molecule has 112 valence electrons. The molecule has 0 saturated carbocycles. The molecule has 0 radical (unpaired) electrons. The topological polar surface area (TPSA) is 69.6 Å². The number of amides is 1. The lowest BCUT2D eigenvalue weighted by atomic mass is 9.76. The van der Waals surface area contributed by atoms with Crippen molar-refractivity contribution in [2.45, 2.75) is 46.6 Å². The fourth-order valence-electron chi connectivity index (χ4n) is 1.71. The zero-order valence-corrected chi connectivity index (χ0v) is 13.0. The van der Waals surface area contributed by atoms with Crippen molar-refractivity contribution in [2.75, 3.05) is 20.6 Å². The minimum atomic E-state index is -1.01. The predicted octanol–water partition coefficient (Wildman–Crippen LogP) is 1.58. The first kappa shape index (κ1) is 17.9. The van der Waals surface area contributed by atoms with Crippen LogP contribution in [-0.4, -0.2) is 48.6 Å². The van der Waals surface area contributed by atoms with Crippen LogP contribution in [0.2, 0.25) is 0 Å². The van der Waals surface area contributed by atoms with Gasteiger partial charge in [-0.05, 0) is 46.8 Å². The van der Waals surface area contributed by atoms with Crippen molar-refractivity contribution in [3.63, 3.8) is 0 Å². The van der Waals surface area contributed by atoms with Crippen molar-refractivity contribution in [1.82, 2.24) is 10.2 Å². The standard InChI is InChI=1S/C14H28N2O3/c1-10(2)14(4,13(18)19)9-12(17)15-11(3)7-8-16(5)6/h10-11H,7-9H2,1-6H3,(H,15,17)(H,18,19). The van der Waals surface area contributed by atoms with Crippen molar-refractivity contribution in [2.24, 2.45) is 11.3 Å². The number of carbonyl (C=O) groups is 2. The van der Waals surface area contributed by atoms with Gasteiger partial charge in [0.15, 0.2) is 0 Å². The Labute approximate surface area is 116 Å². The van der Waals surface area contributed by atoms with Gasteiger partial charge < -0.3 is 15.3 Å². The largest absolute Gasteiger partial charge is 0.481 e. The van der Waals surface area contributed by atoms with E-state index in [0.717, 1.165) is 13.0 Å². The average Bonchev–Trinajstić information content (AvgIpc) is 2.25. The van der Waals surface area contributed by atoms with Crippen LogP contribution in [0, 0.1) is 11.3 Å². The maximum absolute atomic E-state index is 11.9. The molecule has 5 nitrogen and oxygen atoms in total. The van der Waals surface area contributed by atoms with E-state index in [1.165, 1.54) is 0 Å². The van der Waals surface area contributed by atoms with E-state index in [9.17, 15) is 14.7 Å². The van der Waals surface area contributed by atoms with Gasteiger partial charge in [0.1, 0.15) is 0 Å². The lowest BCUT2D eigenvalue weighted by Crippen LogP contribution is -2.42. The Kier molecular flexibility index (Phi) is 7.05. The second-order valence-corrected chi connectivity index (χ2v) is 6.11. The third-order valence-electron chi connectivity index (χ3n) is 3.71. The summed E-state index contributed by atoms with van der Waals surface area (Å²) in [5, 5.41) is 12.1. The molecule has 2 atom stereocenters. The molecular formula is C14H28N2O3. The van der Waals surface area contributed by atoms with E-state index >= 15 is 0 Å². The molecule has 2 unspecified atom stereocenters. The van der Waals surface area contributed by atoms with Crippen LogP contribution < -0.4 is 5.32 Å². The molecule has 0 aliphatic carbocycles. The van der Waals surface area contributed by atoms with Gasteiger partial charge in [0, 0.05) is 12.5 Å². The molecule has 0 rings (SSSR count). The molecule has 0 aromatic carbocycles. The van der Waals surface area contributed by atoms with E-state index in [1.807, 2.05) is 34.9 Å². The van der Waals surface area contributed by atoms with Gasteiger partial charge in [0.2, 0.25) is 5.91 Å². The van der Waals surface area contributed by atoms with E-state index in [1.54, 1.807) is 6.92 Å². The van der Waals surface area contributed by atoms with Crippen molar-refractivity contribution in [3.05, 3.63) is 0 Å². The van der Waals surface area contributed by atoms with Crippen molar-refractivity contribution < 1.29 is 14.7 Å². The molecule has 0 fully saturated rings. The molecule has 19 heavy (non-hydrogen) atoms. The van der Waals surface area contributed by atoms with E-state index in [-0.39, 0.29) is 24.3 Å². The maximum atomic E-state index is 11.9. The van der Waals surface area contributed by atoms with E-state index in [4.69, 9.17) is 0 Å². The van der Waals surface area contributed by atoms with Crippen LogP contribution >= 0.6 is 0 Å². The fraction of sp³-hybridized carbons (Fsp3) is 0.857. The van der Waals surface area contributed by atoms with Crippen LogP contribution in [0.3, 0.4) is 0 Å². The summed E-state index contributed by atoms with van der Waals surface area (Å²) in [4.78, 5) is 25.3. The fourth-order valence-corrected chi connectivity index (χ4v) is 1.71. The van der Waals surface area contributed by atoms with Gasteiger partial charge in [0.25, 0.3) is 0 Å². The Morgan fingerprint density at radius 1 is 1.26 bits per heavy atom. The quantitative estimate of drug-likeness (QED) is 0.704. The molecule has 0 aliphatic heterocycles. The van der Waals surface area contributed by atoms with E-state index in [0.29, 0.717) is 0 Å². The zero-order valence-electron chi connectivity index (χ0n) is 13.0. The summed E-state index contributed by atoms with van der Waals surface area (Å²) in [6.07, 6.45) is 0.872. The lowest BCUT2D eigenvalue weighted by Gasteiger charge is -2.29. The molecule has 0 bridgehead atoms. The highest BCUT2D eigenvalue weighted by Crippen LogP contribution is 2.31. The maximum Gasteiger partial charge on any atom is 0.310 e. The van der Waals surface area contributed by atoms with Gasteiger partial charge in [-0.2, -0.15) is 0 Å². The Hall–Kier alpha value is -1.10. The van der Waals surface area contributed by atoms with Crippen LogP contribution in [-0.2, 0) is 9.59 Å². The van der Waals surface area contributed by atoms with Crippen LogP contribution in [0.1, 0.15) is 40.5 Å². The minimum Gasteiger partial charge on any atom is -0.481 e. The van der Waals surface area contributed by atoms with Crippen LogP contribution in [0.15, 0.2) is 0 Å². The van der Waals surface area contributed by atoms with Gasteiger partial charge in [-0.1, -0.05) is 13.8 Å². The Bertz CT molecular complexity index is 316. The number of carboxylic acid groups (broad SMARTS) is 1. The number of aliphatic carboxylic acids is 1. The summed E-state index contributed by atoms with van der Waals surface area (Å²) in [5.41, 5.74) is -1.01. The second kappa shape index (κ2) is 7.48. The normalized spacial score (nSPS) is 16.2. The predicted molar refractivity (Wildman–Crippen MR) is 76.0 cm³/mol. The molecule has 0 spiro atoms. The number of rotatable bonds is 8. The Morgan fingerprint density at radius 2 is 1.79 bits per heavy atom. The summed E-state index contributed by atoms with van der Waals surface area (Å²) < 4.78 is 0. The molecule has 0 aromatic heterocycles.